The van der Waals surface area contributed by atoms with Crippen molar-refractivity contribution < 1.29 is 22.7 Å². The van der Waals surface area contributed by atoms with Gasteiger partial charge in [0.25, 0.3) is 11.8 Å². The Morgan fingerprint density at radius 1 is 1.00 bits per heavy atom. The van der Waals surface area contributed by atoms with Crippen molar-refractivity contribution in [3.8, 4) is 17.0 Å². The standard InChI is InChI=1S/C31H40N6O5S/c1-19(2)42-30-27-25(20-10-12-21(13-11-20)31(39)36-17-22-15-35(3)16-23(22)18-36)14-26(29(38)34-43(4,40)41)32-28(27)37(33-30)24-8-6-5-7-9-24/h10-14,19,22-24H,5-9,15-18H2,1-4H3,(H,34,38). The molecule has 43 heavy (non-hydrogen) atoms. The highest BCUT2D eigenvalue weighted by Crippen LogP contribution is 2.39. The van der Waals surface area contributed by atoms with Gasteiger partial charge in [-0.15, -0.1) is 5.10 Å². The summed E-state index contributed by atoms with van der Waals surface area (Å²) in [6.45, 7) is 7.45. The lowest BCUT2D eigenvalue weighted by molar-refractivity contribution is 0.0775. The van der Waals surface area contributed by atoms with E-state index in [0.717, 1.165) is 70.1 Å². The summed E-state index contributed by atoms with van der Waals surface area (Å²) in [5.74, 6) is 0.669. The van der Waals surface area contributed by atoms with Crippen molar-refractivity contribution in [2.75, 3.05) is 39.5 Å². The Labute approximate surface area is 252 Å². The summed E-state index contributed by atoms with van der Waals surface area (Å²) in [4.78, 5) is 35.4. The smallest absolute Gasteiger partial charge is 0.283 e. The summed E-state index contributed by atoms with van der Waals surface area (Å²) in [6, 6.07) is 9.03. The number of hydrogen-bond acceptors (Lipinski definition) is 8. The van der Waals surface area contributed by atoms with Crippen LogP contribution in [0.1, 0.15) is 72.8 Å². The van der Waals surface area contributed by atoms with Crippen molar-refractivity contribution in [2.24, 2.45) is 11.8 Å². The highest BCUT2D eigenvalue weighted by molar-refractivity contribution is 7.89. The topological polar surface area (TPSA) is 127 Å². The number of sulfonamides is 1. The maximum atomic E-state index is 13.4. The van der Waals surface area contributed by atoms with Crippen LogP contribution in [0.25, 0.3) is 22.2 Å². The monoisotopic (exact) mass is 608 g/mol. The normalized spacial score (nSPS) is 21.5. The van der Waals surface area contributed by atoms with Crippen molar-refractivity contribution in [3.05, 3.63) is 41.6 Å². The third-order valence-corrected chi connectivity index (χ3v) is 9.36. The Morgan fingerprint density at radius 3 is 2.26 bits per heavy atom. The number of rotatable bonds is 7. The number of benzene rings is 1. The maximum Gasteiger partial charge on any atom is 0.283 e. The molecule has 2 aromatic heterocycles. The Hall–Kier alpha value is -3.51. The molecule has 1 saturated carbocycles. The van der Waals surface area contributed by atoms with Crippen molar-refractivity contribution in [1.29, 1.82) is 0 Å². The van der Waals surface area contributed by atoms with Crippen molar-refractivity contribution in [1.82, 2.24) is 29.3 Å². The molecule has 3 aromatic rings. The molecule has 11 nitrogen and oxygen atoms in total. The molecule has 6 rings (SSSR count). The molecule has 1 aromatic carbocycles. The van der Waals surface area contributed by atoms with E-state index in [-0.39, 0.29) is 23.7 Å². The average Bonchev–Trinajstić information content (AvgIpc) is 3.63. The lowest BCUT2D eigenvalue weighted by atomic mass is 9.95. The van der Waals surface area contributed by atoms with Crippen LogP contribution in [0.3, 0.4) is 0 Å². The number of pyridine rings is 1. The number of aromatic nitrogens is 3. The summed E-state index contributed by atoms with van der Waals surface area (Å²) >= 11 is 0. The Kier molecular flexibility index (Phi) is 7.93. The lowest BCUT2D eigenvalue weighted by Crippen LogP contribution is -2.32. The van der Waals surface area contributed by atoms with E-state index in [1.165, 1.54) is 0 Å². The Balaban J connectivity index is 1.41. The van der Waals surface area contributed by atoms with Crippen LogP contribution in [-0.4, -0.2) is 90.4 Å². The first-order valence-electron chi connectivity index (χ1n) is 15.2. The third-order valence-electron chi connectivity index (χ3n) is 8.81. The molecule has 0 bridgehead atoms. The molecule has 3 fully saturated rings. The average molecular weight is 609 g/mol. The van der Waals surface area contributed by atoms with Gasteiger partial charge in [-0.3, -0.25) is 9.59 Å². The first-order chi connectivity index (χ1) is 20.5. The largest absolute Gasteiger partial charge is 0.473 e. The van der Waals surface area contributed by atoms with Crippen LogP contribution in [-0.2, 0) is 10.0 Å². The fourth-order valence-electron chi connectivity index (χ4n) is 6.92. The van der Waals surface area contributed by atoms with Gasteiger partial charge >= 0.3 is 0 Å². The zero-order valence-corrected chi connectivity index (χ0v) is 26.1. The summed E-state index contributed by atoms with van der Waals surface area (Å²) in [6.07, 6.45) is 5.94. The quantitative estimate of drug-likeness (QED) is 0.430. The number of fused-ring (bicyclic) bond motifs is 2. The Bertz CT molecular complexity index is 1630. The number of ether oxygens (including phenoxy) is 1. The highest BCUT2D eigenvalue weighted by atomic mass is 32.2. The van der Waals surface area contributed by atoms with Crippen LogP contribution < -0.4 is 9.46 Å². The van der Waals surface area contributed by atoms with E-state index in [2.05, 4.69) is 16.9 Å². The zero-order chi connectivity index (χ0) is 30.5. The van der Waals surface area contributed by atoms with Gasteiger partial charge in [0, 0.05) is 37.3 Å². The zero-order valence-electron chi connectivity index (χ0n) is 25.2. The molecule has 3 aliphatic rings. The van der Waals surface area contributed by atoms with Gasteiger partial charge in [0.05, 0.1) is 23.8 Å². The molecule has 1 N–H and O–H groups in total. The number of amides is 2. The molecule has 0 radical (unpaired) electrons. The van der Waals surface area contributed by atoms with Gasteiger partial charge in [-0.25, -0.2) is 22.8 Å². The molecule has 1 aliphatic carbocycles. The predicted molar refractivity (Wildman–Crippen MR) is 164 cm³/mol. The minimum Gasteiger partial charge on any atom is -0.473 e. The van der Waals surface area contributed by atoms with Crippen LogP contribution in [0.5, 0.6) is 5.88 Å². The lowest BCUT2D eigenvalue weighted by Gasteiger charge is -2.22. The molecule has 2 saturated heterocycles. The summed E-state index contributed by atoms with van der Waals surface area (Å²) in [7, 11) is -1.68. The van der Waals surface area contributed by atoms with Gasteiger partial charge in [-0.2, -0.15) is 0 Å². The molecular formula is C31H40N6O5S. The van der Waals surface area contributed by atoms with Crippen LogP contribution in [0.2, 0.25) is 0 Å². The number of carbonyl (C=O) groups is 2. The van der Waals surface area contributed by atoms with E-state index in [1.807, 2.05) is 52.4 Å². The number of likely N-dealkylation sites (tertiary alicyclic amines) is 2. The van der Waals surface area contributed by atoms with Gasteiger partial charge in [0.1, 0.15) is 5.69 Å². The van der Waals surface area contributed by atoms with Crippen molar-refractivity contribution >= 4 is 32.9 Å². The van der Waals surface area contributed by atoms with E-state index in [1.54, 1.807) is 6.07 Å². The molecule has 2 aliphatic heterocycles. The van der Waals surface area contributed by atoms with E-state index in [4.69, 9.17) is 9.84 Å². The predicted octanol–water partition coefficient (Wildman–Crippen LogP) is 3.71. The van der Waals surface area contributed by atoms with Crippen molar-refractivity contribution in [3.63, 3.8) is 0 Å². The highest BCUT2D eigenvalue weighted by Gasteiger charge is 2.40. The SMILES string of the molecule is CC(C)Oc1nn(C2CCCCC2)c2nc(C(=O)NS(C)(=O)=O)cc(-c3ccc(C(=O)N4CC5CN(C)CC5C4)cc3)c12. The van der Waals surface area contributed by atoms with E-state index < -0.39 is 15.9 Å². The maximum absolute atomic E-state index is 13.4. The number of nitrogens with one attached hydrogen (secondary N) is 1. The van der Waals surface area contributed by atoms with E-state index >= 15 is 0 Å². The summed E-state index contributed by atoms with van der Waals surface area (Å²) < 4.78 is 33.9. The molecule has 0 spiro atoms. The minimum absolute atomic E-state index is 0.0191. The second kappa shape index (κ2) is 11.5. The second-order valence-electron chi connectivity index (χ2n) is 12.7. The van der Waals surface area contributed by atoms with Crippen LogP contribution in [0.15, 0.2) is 30.3 Å². The fourth-order valence-corrected chi connectivity index (χ4v) is 7.36. The van der Waals surface area contributed by atoms with Crippen molar-refractivity contribution in [2.45, 2.75) is 58.1 Å². The third kappa shape index (κ3) is 6.12. The first-order valence-corrected chi connectivity index (χ1v) is 17.1. The molecule has 4 heterocycles. The van der Waals surface area contributed by atoms with Gasteiger partial charge in [0.15, 0.2) is 5.65 Å². The fraction of sp³-hybridized carbons (Fsp3) is 0.548. The first kappa shape index (κ1) is 29.6. The molecule has 2 unspecified atom stereocenters. The number of carbonyl (C=O) groups excluding carboxylic acids is 2. The number of nitrogens with zero attached hydrogens (tertiary/aromatic N) is 5. The molecule has 12 heteroatoms. The van der Waals surface area contributed by atoms with Gasteiger partial charge in [-0.05, 0) is 69.3 Å². The minimum atomic E-state index is -3.81. The van der Waals surface area contributed by atoms with Gasteiger partial charge < -0.3 is 14.5 Å². The molecular weight excluding hydrogens is 568 g/mol. The Morgan fingerprint density at radius 2 is 1.65 bits per heavy atom. The molecule has 2 atom stereocenters. The summed E-state index contributed by atoms with van der Waals surface area (Å²) in [5.41, 5.74) is 2.43. The van der Waals surface area contributed by atoms with Crippen LogP contribution in [0, 0.1) is 11.8 Å². The number of hydrogen-bond donors (Lipinski definition) is 1. The molecule has 2 amide bonds. The molecule has 230 valence electrons. The second-order valence-corrected chi connectivity index (χ2v) is 14.4. The van der Waals surface area contributed by atoms with Gasteiger partial charge in [-0.1, -0.05) is 31.4 Å². The van der Waals surface area contributed by atoms with E-state index in [0.29, 0.717) is 39.9 Å². The summed E-state index contributed by atoms with van der Waals surface area (Å²) in [5, 5.41) is 5.52. The van der Waals surface area contributed by atoms with E-state index in [9.17, 15) is 18.0 Å². The van der Waals surface area contributed by atoms with Gasteiger partial charge in [0.2, 0.25) is 15.9 Å². The van der Waals surface area contributed by atoms with Crippen LogP contribution in [0.4, 0.5) is 0 Å². The van der Waals surface area contributed by atoms with Crippen LogP contribution >= 0.6 is 0 Å².